The van der Waals surface area contributed by atoms with Crippen LogP contribution in [0.2, 0.25) is 0 Å². The Bertz CT molecular complexity index is 1320. The summed E-state index contributed by atoms with van der Waals surface area (Å²) in [6.45, 7) is 0. The Morgan fingerprint density at radius 2 is 1.29 bits per heavy atom. The van der Waals surface area contributed by atoms with Crippen LogP contribution in [0.15, 0.2) is 79.3 Å². The molecule has 0 saturated carbocycles. The lowest BCUT2D eigenvalue weighted by Crippen LogP contribution is -1.90. The van der Waals surface area contributed by atoms with E-state index in [9.17, 15) is 8.78 Å². The third-order valence-electron chi connectivity index (χ3n) is 4.84. The van der Waals surface area contributed by atoms with Gasteiger partial charge < -0.3 is 0 Å². The number of fused-ring (bicyclic) bond motifs is 1. The van der Waals surface area contributed by atoms with Crippen molar-refractivity contribution in [3.63, 3.8) is 0 Å². The predicted octanol–water partition coefficient (Wildman–Crippen LogP) is 6.48. The third kappa shape index (κ3) is 4.26. The number of H-pyrrole nitrogens is 1. The van der Waals surface area contributed by atoms with Crippen LogP contribution in [0.3, 0.4) is 0 Å². The first-order chi connectivity index (χ1) is 14.2. The van der Waals surface area contributed by atoms with Crippen molar-refractivity contribution in [3.8, 4) is 33.6 Å². The van der Waals surface area contributed by atoms with E-state index in [1.807, 2.05) is 18.2 Å². The van der Waals surface area contributed by atoms with Gasteiger partial charge in [0.1, 0.15) is 18.0 Å². The maximum atomic E-state index is 13.3. The molecule has 0 amide bonds. The molecule has 0 bridgehead atoms. The van der Waals surface area contributed by atoms with Crippen LogP contribution in [-0.4, -0.2) is 20.2 Å². The molecule has 4 nitrogen and oxygen atoms in total. The van der Waals surface area contributed by atoms with Crippen molar-refractivity contribution in [1.29, 1.82) is 0 Å². The molecule has 1 N–H and O–H groups in total. The quantitative estimate of drug-likeness (QED) is 0.338. The normalized spacial score (nSPS) is 10.4. The number of nitrogens with one attached hydrogen (secondary N) is 1. The van der Waals surface area contributed by atoms with Crippen LogP contribution in [0.25, 0.3) is 44.5 Å². The zero-order valence-electron chi connectivity index (χ0n) is 15.9. The molecule has 156 valence electrons. The molecule has 2 aromatic heterocycles. The highest BCUT2D eigenvalue weighted by Gasteiger charge is 2.13. The highest BCUT2D eigenvalue weighted by Crippen LogP contribution is 2.34. The number of benzene rings is 3. The van der Waals surface area contributed by atoms with Crippen molar-refractivity contribution < 1.29 is 8.78 Å². The number of halogens is 4. The zero-order valence-corrected chi connectivity index (χ0v) is 17.6. The molecule has 0 radical (unpaired) electrons. The van der Waals surface area contributed by atoms with Crippen LogP contribution in [0.5, 0.6) is 0 Å². The summed E-state index contributed by atoms with van der Waals surface area (Å²) in [5, 5.41) is 8.02. The van der Waals surface area contributed by atoms with E-state index < -0.39 is 0 Å². The molecule has 8 heteroatoms. The average Bonchev–Trinajstić information content (AvgIpc) is 3.24. The molecule has 0 atom stereocenters. The fourth-order valence-electron chi connectivity index (χ4n) is 3.40. The van der Waals surface area contributed by atoms with Gasteiger partial charge in [0.15, 0.2) is 0 Å². The first-order valence-corrected chi connectivity index (χ1v) is 8.99. The van der Waals surface area contributed by atoms with Gasteiger partial charge in [-0.15, -0.1) is 24.8 Å². The number of nitrogens with zero attached hydrogens (tertiary/aromatic N) is 3. The minimum Gasteiger partial charge on any atom is -0.277 e. The number of hydrogen-bond donors (Lipinski definition) is 1. The van der Waals surface area contributed by atoms with Crippen LogP contribution >= 0.6 is 24.8 Å². The molecule has 5 rings (SSSR count). The Balaban J connectivity index is 0.00000136. The van der Waals surface area contributed by atoms with Gasteiger partial charge in [-0.2, -0.15) is 5.10 Å². The second kappa shape index (κ2) is 9.20. The standard InChI is InChI=1S/C23H14F2N4.2ClH/c24-17-6-1-14(2-7-17)22-19-11-16(5-10-21(19)26-13-27-22)20-12-28-29-23(20)15-3-8-18(25)9-4-15;;/h1-13H,(H,28,29);2*1H. The highest BCUT2D eigenvalue weighted by atomic mass is 35.5. The monoisotopic (exact) mass is 456 g/mol. The van der Waals surface area contributed by atoms with Gasteiger partial charge in [-0.3, -0.25) is 5.10 Å². The van der Waals surface area contributed by atoms with Gasteiger partial charge in [0, 0.05) is 22.1 Å². The lowest BCUT2D eigenvalue weighted by molar-refractivity contribution is 0.627. The molecule has 0 fully saturated rings. The van der Waals surface area contributed by atoms with Crippen molar-refractivity contribution in [2.45, 2.75) is 0 Å². The molecule has 5 aromatic rings. The van der Waals surface area contributed by atoms with Gasteiger partial charge >= 0.3 is 0 Å². The molecule has 0 saturated heterocycles. The van der Waals surface area contributed by atoms with Gasteiger partial charge in [-0.1, -0.05) is 6.07 Å². The van der Waals surface area contributed by atoms with E-state index in [0.717, 1.165) is 44.5 Å². The second-order valence-corrected chi connectivity index (χ2v) is 6.63. The van der Waals surface area contributed by atoms with E-state index in [1.54, 1.807) is 30.5 Å². The topological polar surface area (TPSA) is 54.5 Å². The smallest absolute Gasteiger partial charge is 0.123 e. The fraction of sp³-hybridized carbons (Fsp3) is 0. The Morgan fingerprint density at radius 3 is 1.97 bits per heavy atom. The number of hydrogen-bond acceptors (Lipinski definition) is 3. The summed E-state index contributed by atoms with van der Waals surface area (Å²) in [6.07, 6.45) is 3.24. The maximum Gasteiger partial charge on any atom is 0.123 e. The van der Waals surface area contributed by atoms with Crippen LogP contribution < -0.4 is 0 Å². The van der Waals surface area contributed by atoms with Crippen molar-refractivity contribution in [1.82, 2.24) is 20.2 Å². The average molecular weight is 457 g/mol. The van der Waals surface area contributed by atoms with E-state index >= 15 is 0 Å². The van der Waals surface area contributed by atoms with Crippen molar-refractivity contribution in [2.75, 3.05) is 0 Å². The molecule has 0 aliphatic rings. The Hall–Kier alpha value is -3.35. The number of aromatic amines is 1. The Kier molecular flexibility index (Phi) is 6.63. The van der Waals surface area contributed by atoms with E-state index in [0.29, 0.717) is 0 Å². The van der Waals surface area contributed by atoms with Crippen LogP contribution in [0, 0.1) is 11.6 Å². The first kappa shape index (κ1) is 22.3. The van der Waals surface area contributed by atoms with Gasteiger partial charge in [-0.05, 0) is 66.2 Å². The molecule has 0 spiro atoms. The lowest BCUT2D eigenvalue weighted by atomic mass is 9.98. The summed E-state index contributed by atoms with van der Waals surface area (Å²) >= 11 is 0. The first-order valence-electron chi connectivity index (χ1n) is 8.99. The molecule has 31 heavy (non-hydrogen) atoms. The summed E-state index contributed by atoms with van der Waals surface area (Å²) in [7, 11) is 0. The van der Waals surface area contributed by atoms with Gasteiger partial charge in [0.25, 0.3) is 0 Å². The largest absolute Gasteiger partial charge is 0.277 e. The lowest BCUT2D eigenvalue weighted by Gasteiger charge is -2.08. The fourth-order valence-corrected chi connectivity index (χ4v) is 3.40. The van der Waals surface area contributed by atoms with Gasteiger partial charge in [-0.25, -0.2) is 18.7 Å². The van der Waals surface area contributed by atoms with Gasteiger partial charge in [0.05, 0.1) is 23.1 Å². The van der Waals surface area contributed by atoms with Crippen LogP contribution in [0.4, 0.5) is 8.78 Å². The number of aromatic nitrogens is 4. The minimum absolute atomic E-state index is 0. The Labute approximate surface area is 189 Å². The molecule has 0 aliphatic heterocycles. The van der Waals surface area contributed by atoms with E-state index in [-0.39, 0.29) is 36.4 Å². The summed E-state index contributed by atoms with van der Waals surface area (Å²) in [4.78, 5) is 8.77. The molecular formula is C23H16Cl2F2N4. The van der Waals surface area contributed by atoms with Gasteiger partial charge in [0.2, 0.25) is 0 Å². The zero-order chi connectivity index (χ0) is 19.8. The second-order valence-electron chi connectivity index (χ2n) is 6.63. The van der Waals surface area contributed by atoms with Crippen molar-refractivity contribution in [2.24, 2.45) is 0 Å². The van der Waals surface area contributed by atoms with E-state index in [1.165, 1.54) is 30.6 Å². The minimum atomic E-state index is -0.296. The highest BCUT2D eigenvalue weighted by molar-refractivity contribution is 5.96. The van der Waals surface area contributed by atoms with E-state index in [2.05, 4.69) is 20.2 Å². The summed E-state index contributed by atoms with van der Waals surface area (Å²) in [5.41, 5.74) is 5.75. The molecular weight excluding hydrogens is 441 g/mol. The van der Waals surface area contributed by atoms with Crippen LogP contribution in [0.1, 0.15) is 0 Å². The van der Waals surface area contributed by atoms with Crippen molar-refractivity contribution >= 4 is 35.7 Å². The maximum absolute atomic E-state index is 13.3. The van der Waals surface area contributed by atoms with E-state index in [4.69, 9.17) is 0 Å². The Morgan fingerprint density at radius 1 is 0.677 bits per heavy atom. The molecule has 3 aromatic carbocycles. The van der Waals surface area contributed by atoms with Crippen LogP contribution in [-0.2, 0) is 0 Å². The number of rotatable bonds is 3. The molecule has 2 heterocycles. The summed E-state index contributed by atoms with van der Waals surface area (Å²) in [6, 6.07) is 18.3. The van der Waals surface area contributed by atoms with Crippen molar-refractivity contribution in [3.05, 3.63) is 90.9 Å². The summed E-state index contributed by atoms with van der Waals surface area (Å²) in [5.74, 6) is -0.586. The molecule has 0 aliphatic carbocycles. The SMILES string of the molecule is Cl.Cl.Fc1ccc(-c2[nH]ncc2-c2ccc3ncnc(-c4ccc(F)cc4)c3c2)cc1. The predicted molar refractivity (Wildman–Crippen MR) is 122 cm³/mol. The third-order valence-corrected chi connectivity index (χ3v) is 4.84. The molecule has 0 unspecified atom stereocenters. The summed E-state index contributed by atoms with van der Waals surface area (Å²) < 4.78 is 26.6.